The van der Waals surface area contributed by atoms with Gasteiger partial charge in [-0.05, 0) is 56.3 Å². The Morgan fingerprint density at radius 3 is 2.71 bits per heavy atom. The van der Waals surface area contributed by atoms with E-state index in [4.69, 9.17) is 0 Å². The van der Waals surface area contributed by atoms with Crippen molar-refractivity contribution in [2.24, 2.45) is 5.92 Å². The first-order valence-corrected chi connectivity index (χ1v) is 8.14. The van der Waals surface area contributed by atoms with Crippen LogP contribution < -0.4 is 10.6 Å². The van der Waals surface area contributed by atoms with Crippen molar-refractivity contribution >= 4 is 16.6 Å². The molecule has 1 heterocycles. The van der Waals surface area contributed by atoms with Gasteiger partial charge in [-0.15, -0.1) is 0 Å². The van der Waals surface area contributed by atoms with Crippen LogP contribution in [0.15, 0.2) is 24.4 Å². The fourth-order valence-electron chi connectivity index (χ4n) is 3.11. The smallest absolute Gasteiger partial charge is 0.0651 e. The van der Waals surface area contributed by atoms with Gasteiger partial charge < -0.3 is 10.6 Å². The third-order valence-electron chi connectivity index (χ3n) is 4.35. The average Bonchev–Trinajstić information content (AvgIpc) is 2.94. The fraction of sp³-hybridized carbons (Fsp3) is 0.588. The third kappa shape index (κ3) is 3.76. The summed E-state index contributed by atoms with van der Waals surface area (Å²) in [6.45, 7) is 5.68. The van der Waals surface area contributed by atoms with E-state index in [0.717, 1.165) is 18.0 Å². The molecule has 1 aromatic heterocycles. The predicted molar refractivity (Wildman–Crippen MR) is 88.6 cm³/mol. The maximum Gasteiger partial charge on any atom is 0.0651 e. The molecule has 0 saturated heterocycles. The van der Waals surface area contributed by atoms with Crippen molar-refractivity contribution in [3.8, 4) is 0 Å². The van der Waals surface area contributed by atoms with Crippen LogP contribution in [0.4, 0.5) is 5.69 Å². The summed E-state index contributed by atoms with van der Waals surface area (Å²) < 4.78 is 0. The van der Waals surface area contributed by atoms with E-state index in [1.807, 2.05) is 6.20 Å². The van der Waals surface area contributed by atoms with Crippen LogP contribution in [0.5, 0.6) is 0 Å². The lowest BCUT2D eigenvalue weighted by Crippen LogP contribution is -2.38. The van der Waals surface area contributed by atoms with Crippen LogP contribution >= 0.6 is 0 Å². The molecule has 0 radical (unpaired) electrons. The molecule has 1 fully saturated rings. The summed E-state index contributed by atoms with van der Waals surface area (Å²) in [4.78, 5) is 0. The molecule has 4 nitrogen and oxygen atoms in total. The van der Waals surface area contributed by atoms with E-state index in [0.29, 0.717) is 12.1 Å². The zero-order valence-corrected chi connectivity index (χ0v) is 13.0. The summed E-state index contributed by atoms with van der Waals surface area (Å²) in [5.41, 5.74) is 2.31. The van der Waals surface area contributed by atoms with Gasteiger partial charge in [0.2, 0.25) is 0 Å². The second-order valence-corrected chi connectivity index (χ2v) is 6.67. The van der Waals surface area contributed by atoms with E-state index in [-0.39, 0.29) is 0 Å². The third-order valence-corrected chi connectivity index (χ3v) is 4.35. The normalized spacial score (nSPS) is 22.8. The summed E-state index contributed by atoms with van der Waals surface area (Å²) in [7, 11) is 0. The van der Waals surface area contributed by atoms with E-state index in [1.54, 1.807) is 0 Å². The Kier molecular flexibility index (Phi) is 4.44. The number of aromatic amines is 1. The van der Waals surface area contributed by atoms with Gasteiger partial charge in [-0.25, -0.2) is 0 Å². The molecule has 0 aliphatic heterocycles. The monoisotopic (exact) mass is 286 g/mol. The molecular formula is C17H26N4. The highest BCUT2D eigenvalue weighted by molar-refractivity contribution is 5.81. The van der Waals surface area contributed by atoms with E-state index < -0.39 is 0 Å². The predicted octanol–water partition coefficient (Wildman–Crippen LogP) is 3.53. The molecule has 1 aliphatic rings. The highest BCUT2D eigenvalue weighted by atomic mass is 15.1. The van der Waals surface area contributed by atoms with Gasteiger partial charge in [0.15, 0.2) is 0 Å². The quantitative estimate of drug-likeness (QED) is 0.788. The molecule has 3 N–H and O–H groups in total. The van der Waals surface area contributed by atoms with Crippen molar-refractivity contribution in [3.05, 3.63) is 24.4 Å². The molecule has 114 valence electrons. The largest absolute Gasteiger partial charge is 0.382 e. The van der Waals surface area contributed by atoms with Crippen molar-refractivity contribution in [1.82, 2.24) is 15.5 Å². The summed E-state index contributed by atoms with van der Waals surface area (Å²) in [6, 6.07) is 7.74. The van der Waals surface area contributed by atoms with Gasteiger partial charge >= 0.3 is 0 Å². The highest BCUT2D eigenvalue weighted by Crippen LogP contribution is 2.24. The molecular weight excluding hydrogens is 260 g/mol. The highest BCUT2D eigenvalue weighted by Gasteiger charge is 2.20. The second kappa shape index (κ2) is 6.48. The van der Waals surface area contributed by atoms with E-state index in [1.165, 1.54) is 36.8 Å². The Morgan fingerprint density at radius 2 is 1.95 bits per heavy atom. The zero-order valence-electron chi connectivity index (χ0n) is 13.0. The topological polar surface area (TPSA) is 52.7 Å². The van der Waals surface area contributed by atoms with Crippen molar-refractivity contribution < 1.29 is 0 Å². The Morgan fingerprint density at radius 1 is 1.19 bits per heavy atom. The number of aromatic nitrogens is 2. The fourth-order valence-corrected chi connectivity index (χ4v) is 3.11. The molecule has 0 amide bonds. The molecule has 1 saturated carbocycles. The Hall–Kier alpha value is -1.55. The van der Waals surface area contributed by atoms with E-state index in [9.17, 15) is 0 Å². The van der Waals surface area contributed by atoms with Gasteiger partial charge in [-0.1, -0.05) is 13.8 Å². The van der Waals surface area contributed by atoms with Gasteiger partial charge in [-0.3, -0.25) is 5.10 Å². The molecule has 0 bridgehead atoms. The minimum absolute atomic E-state index is 0.603. The molecule has 21 heavy (non-hydrogen) atoms. The molecule has 1 aromatic carbocycles. The van der Waals surface area contributed by atoms with Gasteiger partial charge in [0, 0.05) is 23.2 Å². The summed E-state index contributed by atoms with van der Waals surface area (Å²) in [6.07, 6.45) is 6.93. The second-order valence-electron chi connectivity index (χ2n) is 6.67. The number of nitrogens with zero attached hydrogens (tertiary/aromatic N) is 1. The standard InChI is InChI=1S/C17H26N4/c1-12(2)10-18-14-3-5-15(6-4-14)20-16-7-8-17-13(9-16)11-19-21-17/h7-9,11-12,14-15,18,20H,3-6,10H2,1-2H3,(H,19,21)/t14-,15-. The van der Waals surface area contributed by atoms with Gasteiger partial charge in [0.1, 0.15) is 0 Å². The Balaban J connectivity index is 1.50. The number of hydrogen-bond donors (Lipinski definition) is 3. The van der Waals surface area contributed by atoms with Crippen LogP contribution in [0, 0.1) is 5.92 Å². The molecule has 1 aliphatic carbocycles. The van der Waals surface area contributed by atoms with E-state index in [2.05, 4.69) is 52.9 Å². The lowest BCUT2D eigenvalue weighted by atomic mass is 9.90. The SMILES string of the molecule is CC(C)CN[C@H]1CC[C@H](Nc2ccc3[nH]ncc3c2)CC1. The van der Waals surface area contributed by atoms with E-state index >= 15 is 0 Å². The lowest BCUT2D eigenvalue weighted by Gasteiger charge is -2.31. The number of nitrogens with one attached hydrogen (secondary N) is 3. The van der Waals surface area contributed by atoms with Crippen LogP contribution in [0.1, 0.15) is 39.5 Å². The number of rotatable bonds is 5. The minimum Gasteiger partial charge on any atom is -0.382 e. The molecule has 0 unspecified atom stereocenters. The summed E-state index contributed by atoms with van der Waals surface area (Å²) in [5.74, 6) is 0.738. The van der Waals surface area contributed by atoms with Crippen molar-refractivity contribution in [3.63, 3.8) is 0 Å². The maximum absolute atomic E-state index is 4.07. The van der Waals surface area contributed by atoms with Crippen LogP contribution in [-0.2, 0) is 0 Å². The molecule has 4 heteroatoms. The number of H-pyrrole nitrogens is 1. The van der Waals surface area contributed by atoms with Gasteiger partial charge in [-0.2, -0.15) is 5.10 Å². The van der Waals surface area contributed by atoms with Crippen LogP contribution in [0.2, 0.25) is 0 Å². The average molecular weight is 286 g/mol. The van der Waals surface area contributed by atoms with Crippen molar-refractivity contribution in [1.29, 1.82) is 0 Å². The first-order chi connectivity index (χ1) is 10.2. The summed E-state index contributed by atoms with van der Waals surface area (Å²) >= 11 is 0. The number of fused-ring (bicyclic) bond motifs is 1. The number of anilines is 1. The number of benzene rings is 1. The molecule has 0 spiro atoms. The lowest BCUT2D eigenvalue weighted by molar-refractivity contribution is 0.341. The summed E-state index contributed by atoms with van der Waals surface area (Å²) in [5, 5.41) is 15.6. The van der Waals surface area contributed by atoms with Crippen LogP contribution in [0.25, 0.3) is 10.9 Å². The first-order valence-electron chi connectivity index (χ1n) is 8.14. The van der Waals surface area contributed by atoms with Crippen molar-refractivity contribution in [2.75, 3.05) is 11.9 Å². The minimum atomic E-state index is 0.603. The van der Waals surface area contributed by atoms with Crippen LogP contribution in [0.3, 0.4) is 0 Å². The van der Waals surface area contributed by atoms with Crippen molar-refractivity contribution in [2.45, 2.75) is 51.6 Å². The molecule has 3 rings (SSSR count). The number of hydrogen-bond acceptors (Lipinski definition) is 3. The maximum atomic E-state index is 4.07. The van der Waals surface area contributed by atoms with Gasteiger partial charge in [0.25, 0.3) is 0 Å². The Labute approximate surface area is 126 Å². The van der Waals surface area contributed by atoms with Crippen LogP contribution in [-0.4, -0.2) is 28.8 Å². The molecule has 0 atom stereocenters. The molecule has 2 aromatic rings. The Bertz CT molecular complexity index is 567. The zero-order chi connectivity index (χ0) is 14.7. The first kappa shape index (κ1) is 14.4. The van der Waals surface area contributed by atoms with Gasteiger partial charge in [0.05, 0.1) is 11.7 Å².